The molecular formula is C17H28ClN3O4S. The van der Waals surface area contributed by atoms with Crippen LogP contribution in [0.4, 0.5) is 5.69 Å². The fraction of sp³-hybridized carbons (Fsp3) is 0.588. The fourth-order valence-corrected chi connectivity index (χ4v) is 4.01. The van der Waals surface area contributed by atoms with Gasteiger partial charge in [0.1, 0.15) is 11.5 Å². The maximum atomic E-state index is 12.2. The summed E-state index contributed by atoms with van der Waals surface area (Å²) in [6, 6.07) is 6.57. The molecule has 1 aromatic rings. The highest BCUT2D eigenvalue weighted by molar-refractivity contribution is 7.93. The Hall–Kier alpha value is -1.51. The molecule has 2 rings (SSSR count). The minimum absolute atomic E-state index is 0. The summed E-state index contributed by atoms with van der Waals surface area (Å²) in [4.78, 5) is 12.1. The van der Waals surface area contributed by atoms with Gasteiger partial charge in [0.15, 0.2) is 0 Å². The Morgan fingerprint density at radius 3 is 2.31 bits per heavy atom. The molecule has 0 radical (unpaired) electrons. The highest BCUT2D eigenvalue weighted by atomic mass is 35.5. The summed E-state index contributed by atoms with van der Waals surface area (Å²) in [5.41, 5.74) is 5.69. The van der Waals surface area contributed by atoms with Crippen molar-refractivity contribution in [2.45, 2.75) is 51.2 Å². The van der Waals surface area contributed by atoms with Crippen molar-refractivity contribution in [3.8, 4) is 5.75 Å². The maximum Gasteiger partial charge on any atom is 0.241 e. The van der Waals surface area contributed by atoms with Crippen molar-refractivity contribution < 1.29 is 17.9 Å². The van der Waals surface area contributed by atoms with Crippen LogP contribution in [0, 0.1) is 0 Å². The van der Waals surface area contributed by atoms with Crippen molar-refractivity contribution in [1.82, 2.24) is 5.32 Å². The van der Waals surface area contributed by atoms with E-state index < -0.39 is 27.2 Å². The lowest BCUT2D eigenvalue weighted by atomic mass is 9.98. The van der Waals surface area contributed by atoms with Gasteiger partial charge in [-0.1, -0.05) is 12.8 Å². The number of nitrogens with two attached hydrogens (primary N) is 1. The number of nitrogens with one attached hydrogen (secondary N) is 2. The van der Waals surface area contributed by atoms with Gasteiger partial charge in [-0.3, -0.25) is 9.52 Å². The molecular weight excluding hydrogens is 378 g/mol. The summed E-state index contributed by atoms with van der Waals surface area (Å²) in [6.45, 7) is 4.14. The van der Waals surface area contributed by atoms with E-state index in [0.29, 0.717) is 18.0 Å². The van der Waals surface area contributed by atoms with Crippen molar-refractivity contribution >= 4 is 34.0 Å². The third-order valence-electron chi connectivity index (χ3n) is 4.18. The van der Waals surface area contributed by atoms with Crippen LogP contribution in [0.5, 0.6) is 5.75 Å². The molecule has 1 aliphatic carbocycles. The highest BCUT2D eigenvalue weighted by Crippen LogP contribution is 2.28. The molecule has 0 unspecified atom stereocenters. The highest BCUT2D eigenvalue weighted by Gasteiger charge is 2.34. The predicted molar refractivity (Wildman–Crippen MR) is 105 cm³/mol. The quantitative estimate of drug-likeness (QED) is 0.612. The summed E-state index contributed by atoms with van der Waals surface area (Å²) < 4.78 is 32.3. The number of rotatable bonds is 8. The number of halogens is 1. The molecule has 0 spiro atoms. The van der Waals surface area contributed by atoms with E-state index in [1.807, 2.05) is 13.8 Å². The lowest BCUT2D eigenvalue weighted by Gasteiger charge is -2.28. The van der Waals surface area contributed by atoms with Crippen LogP contribution >= 0.6 is 12.4 Å². The molecule has 1 aromatic carbocycles. The van der Waals surface area contributed by atoms with E-state index in [2.05, 4.69) is 10.0 Å². The second-order valence-electron chi connectivity index (χ2n) is 6.79. The van der Waals surface area contributed by atoms with Gasteiger partial charge in [0.05, 0.1) is 11.6 Å². The first-order valence-corrected chi connectivity index (χ1v) is 10.2. The Morgan fingerprint density at radius 1 is 1.23 bits per heavy atom. The first kappa shape index (κ1) is 22.5. The van der Waals surface area contributed by atoms with Crippen LogP contribution in [0.25, 0.3) is 0 Å². The van der Waals surface area contributed by atoms with Crippen molar-refractivity contribution in [3.63, 3.8) is 0 Å². The lowest BCUT2D eigenvalue weighted by Crippen LogP contribution is -2.53. The van der Waals surface area contributed by atoms with Gasteiger partial charge in [-0.25, -0.2) is 8.42 Å². The molecule has 1 amide bonds. The standard InChI is InChI=1S/C17H27N3O4S.ClH/c1-13(2)24-15-7-5-14(6-8-15)20-25(22,23)11-16(21)19-17(12-18)9-3-4-10-17;/h5-8,13,20H,3-4,9-12,18H2,1-2H3,(H,19,21);1H. The molecule has 7 nitrogen and oxygen atoms in total. The van der Waals surface area contributed by atoms with Gasteiger partial charge in [0, 0.05) is 12.2 Å². The Bertz CT molecular complexity index is 686. The van der Waals surface area contributed by atoms with E-state index in [1.54, 1.807) is 24.3 Å². The maximum absolute atomic E-state index is 12.2. The van der Waals surface area contributed by atoms with E-state index in [0.717, 1.165) is 25.7 Å². The molecule has 1 fully saturated rings. The molecule has 1 saturated carbocycles. The summed E-state index contributed by atoms with van der Waals surface area (Å²) in [6.07, 6.45) is 3.61. The Kier molecular flexibility index (Phi) is 8.17. The smallest absolute Gasteiger partial charge is 0.241 e. The first-order chi connectivity index (χ1) is 11.7. The van der Waals surface area contributed by atoms with E-state index in [-0.39, 0.29) is 18.5 Å². The summed E-state index contributed by atoms with van der Waals surface area (Å²) in [7, 11) is -3.79. The molecule has 9 heteroatoms. The van der Waals surface area contributed by atoms with E-state index >= 15 is 0 Å². The number of carbonyl (C=O) groups is 1. The molecule has 1 aliphatic rings. The van der Waals surface area contributed by atoms with E-state index in [9.17, 15) is 13.2 Å². The van der Waals surface area contributed by atoms with Crippen molar-refractivity contribution in [3.05, 3.63) is 24.3 Å². The number of benzene rings is 1. The zero-order chi connectivity index (χ0) is 18.5. The monoisotopic (exact) mass is 405 g/mol. The van der Waals surface area contributed by atoms with Crippen molar-refractivity contribution in [2.24, 2.45) is 5.73 Å². The summed E-state index contributed by atoms with van der Waals surface area (Å²) in [5, 5.41) is 2.81. The molecule has 148 valence electrons. The first-order valence-electron chi connectivity index (χ1n) is 8.52. The Balaban J connectivity index is 0.00000338. The number of amides is 1. The van der Waals surface area contributed by atoms with E-state index in [1.165, 1.54) is 0 Å². The second-order valence-corrected chi connectivity index (χ2v) is 8.51. The topological polar surface area (TPSA) is 111 Å². The number of ether oxygens (including phenoxy) is 1. The summed E-state index contributed by atoms with van der Waals surface area (Å²) >= 11 is 0. The largest absolute Gasteiger partial charge is 0.491 e. The third-order valence-corrected chi connectivity index (χ3v) is 5.37. The number of sulfonamides is 1. The summed E-state index contributed by atoms with van der Waals surface area (Å²) in [5.74, 6) is -0.500. The van der Waals surface area contributed by atoms with Crippen LogP contribution in [0.2, 0.25) is 0 Å². The van der Waals surface area contributed by atoms with Gasteiger partial charge in [-0.05, 0) is 51.0 Å². The second kappa shape index (κ2) is 9.43. The van der Waals surface area contributed by atoms with Gasteiger partial charge in [0.25, 0.3) is 0 Å². The molecule has 0 bridgehead atoms. The molecule has 0 heterocycles. The number of carbonyl (C=O) groups excluding carboxylic acids is 1. The molecule has 4 N–H and O–H groups in total. The Labute approximate surface area is 161 Å². The van der Waals surface area contributed by atoms with Crippen LogP contribution in [0.15, 0.2) is 24.3 Å². The van der Waals surface area contributed by atoms with Gasteiger partial charge in [0.2, 0.25) is 15.9 Å². The van der Waals surface area contributed by atoms with Crippen LogP contribution in [-0.2, 0) is 14.8 Å². The number of hydrogen-bond acceptors (Lipinski definition) is 5. The molecule has 0 saturated heterocycles. The molecule has 0 aliphatic heterocycles. The fourth-order valence-electron chi connectivity index (χ4n) is 3.03. The van der Waals surface area contributed by atoms with Crippen molar-refractivity contribution in [2.75, 3.05) is 17.0 Å². The SMILES string of the molecule is CC(C)Oc1ccc(NS(=O)(=O)CC(=O)NC2(CN)CCCC2)cc1.Cl. The molecule has 0 atom stereocenters. The number of anilines is 1. The van der Waals surface area contributed by atoms with Crippen LogP contribution in [0.3, 0.4) is 0 Å². The van der Waals surface area contributed by atoms with Crippen LogP contribution in [0.1, 0.15) is 39.5 Å². The van der Waals surface area contributed by atoms with Gasteiger partial charge >= 0.3 is 0 Å². The molecule has 0 aromatic heterocycles. The normalized spacial score (nSPS) is 16.0. The minimum atomic E-state index is -3.79. The minimum Gasteiger partial charge on any atom is -0.491 e. The van der Waals surface area contributed by atoms with Gasteiger partial charge < -0.3 is 15.8 Å². The average Bonchev–Trinajstić information content (AvgIpc) is 2.96. The zero-order valence-corrected chi connectivity index (χ0v) is 16.8. The number of hydrogen-bond donors (Lipinski definition) is 3. The molecule has 26 heavy (non-hydrogen) atoms. The van der Waals surface area contributed by atoms with Crippen LogP contribution in [-0.4, -0.2) is 38.3 Å². The van der Waals surface area contributed by atoms with Crippen molar-refractivity contribution in [1.29, 1.82) is 0 Å². The third kappa shape index (κ3) is 6.66. The van der Waals surface area contributed by atoms with Gasteiger partial charge in [-0.2, -0.15) is 0 Å². The van der Waals surface area contributed by atoms with E-state index in [4.69, 9.17) is 10.5 Å². The average molecular weight is 406 g/mol. The lowest BCUT2D eigenvalue weighted by molar-refractivity contribution is -0.120. The van der Waals surface area contributed by atoms with Gasteiger partial charge in [-0.15, -0.1) is 12.4 Å². The Morgan fingerprint density at radius 2 is 1.81 bits per heavy atom. The zero-order valence-electron chi connectivity index (χ0n) is 15.2. The predicted octanol–water partition coefficient (Wildman–Crippen LogP) is 2.02. The van der Waals surface area contributed by atoms with Crippen LogP contribution < -0.4 is 20.5 Å².